The van der Waals surface area contributed by atoms with Crippen LogP contribution in [0.4, 0.5) is 4.39 Å². The molecule has 1 unspecified atom stereocenters. The normalized spacial score (nSPS) is 12.7. The fourth-order valence-electron chi connectivity index (χ4n) is 1.98. The molecule has 5 heteroatoms. The van der Waals surface area contributed by atoms with Gasteiger partial charge in [-0.05, 0) is 44.5 Å². The Bertz CT molecular complexity index is 561. The highest BCUT2D eigenvalue weighted by Gasteiger charge is 2.15. The molecular formula is C14H18FN3S. The van der Waals surface area contributed by atoms with Crippen LogP contribution < -0.4 is 5.73 Å². The van der Waals surface area contributed by atoms with Crippen molar-refractivity contribution in [1.82, 2.24) is 9.78 Å². The summed E-state index contributed by atoms with van der Waals surface area (Å²) in [6, 6.07) is 6.58. The van der Waals surface area contributed by atoms with Crippen molar-refractivity contribution in [3.8, 4) is 0 Å². The lowest BCUT2D eigenvalue weighted by atomic mass is 10.1. The summed E-state index contributed by atoms with van der Waals surface area (Å²) in [7, 11) is 1.92. The number of aromatic nitrogens is 2. The van der Waals surface area contributed by atoms with Crippen molar-refractivity contribution in [2.75, 3.05) is 0 Å². The molecule has 3 nitrogen and oxygen atoms in total. The molecule has 1 heterocycles. The van der Waals surface area contributed by atoms with Crippen LogP contribution in [0.1, 0.15) is 18.2 Å². The van der Waals surface area contributed by atoms with E-state index in [4.69, 9.17) is 5.73 Å². The molecule has 0 amide bonds. The van der Waals surface area contributed by atoms with E-state index in [1.54, 1.807) is 23.9 Å². The van der Waals surface area contributed by atoms with Gasteiger partial charge < -0.3 is 5.73 Å². The van der Waals surface area contributed by atoms with Crippen LogP contribution in [-0.2, 0) is 13.5 Å². The maximum absolute atomic E-state index is 12.9. The summed E-state index contributed by atoms with van der Waals surface area (Å²) >= 11 is 1.59. The molecule has 0 aliphatic rings. The van der Waals surface area contributed by atoms with Crippen LogP contribution >= 0.6 is 11.8 Å². The highest BCUT2D eigenvalue weighted by Crippen LogP contribution is 2.32. The van der Waals surface area contributed by atoms with Gasteiger partial charge in [0.25, 0.3) is 0 Å². The third-order valence-corrected chi connectivity index (χ3v) is 4.05. The van der Waals surface area contributed by atoms with Crippen LogP contribution in [0, 0.1) is 12.7 Å². The van der Waals surface area contributed by atoms with Gasteiger partial charge in [-0.2, -0.15) is 5.10 Å². The van der Waals surface area contributed by atoms with Crippen LogP contribution in [0.3, 0.4) is 0 Å². The summed E-state index contributed by atoms with van der Waals surface area (Å²) in [5.74, 6) is -0.221. The van der Waals surface area contributed by atoms with Crippen molar-refractivity contribution < 1.29 is 4.39 Å². The predicted octanol–water partition coefficient (Wildman–Crippen LogP) is 2.91. The second kappa shape index (κ2) is 5.75. The summed E-state index contributed by atoms with van der Waals surface area (Å²) in [5.41, 5.74) is 8.07. The monoisotopic (exact) mass is 279 g/mol. The summed E-state index contributed by atoms with van der Waals surface area (Å²) in [5, 5.41) is 5.51. The van der Waals surface area contributed by atoms with Gasteiger partial charge in [0.05, 0.1) is 5.69 Å². The van der Waals surface area contributed by atoms with Gasteiger partial charge in [0, 0.05) is 23.5 Å². The van der Waals surface area contributed by atoms with Crippen molar-refractivity contribution in [3.05, 3.63) is 41.3 Å². The van der Waals surface area contributed by atoms with Crippen molar-refractivity contribution in [3.63, 3.8) is 0 Å². The molecule has 0 aliphatic carbocycles. The first kappa shape index (κ1) is 14.1. The van der Waals surface area contributed by atoms with E-state index >= 15 is 0 Å². The van der Waals surface area contributed by atoms with Crippen LogP contribution in [-0.4, -0.2) is 15.8 Å². The molecule has 102 valence electrons. The summed E-state index contributed by atoms with van der Waals surface area (Å²) in [6.45, 7) is 3.98. The average molecular weight is 279 g/mol. The number of hydrogen-bond acceptors (Lipinski definition) is 3. The zero-order valence-electron chi connectivity index (χ0n) is 11.4. The van der Waals surface area contributed by atoms with Crippen molar-refractivity contribution in [2.45, 2.75) is 36.2 Å². The van der Waals surface area contributed by atoms with Gasteiger partial charge >= 0.3 is 0 Å². The first-order valence-electron chi connectivity index (χ1n) is 6.19. The molecule has 0 saturated heterocycles. The van der Waals surface area contributed by atoms with Gasteiger partial charge in [-0.1, -0.05) is 11.8 Å². The molecule has 0 aliphatic heterocycles. The number of benzene rings is 1. The van der Waals surface area contributed by atoms with E-state index in [1.165, 1.54) is 17.7 Å². The zero-order chi connectivity index (χ0) is 14.0. The molecule has 0 fully saturated rings. The molecule has 19 heavy (non-hydrogen) atoms. The summed E-state index contributed by atoms with van der Waals surface area (Å²) in [6.07, 6.45) is 0.795. The minimum atomic E-state index is -0.221. The fourth-order valence-corrected chi connectivity index (χ4v) is 3.00. The van der Waals surface area contributed by atoms with E-state index in [0.29, 0.717) is 0 Å². The van der Waals surface area contributed by atoms with Gasteiger partial charge in [0.1, 0.15) is 10.8 Å². The summed E-state index contributed by atoms with van der Waals surface area (Å²) in [4.78, 5) is 0.996. The summed E-state index contributed by atoms with van der Waals surface area (Å²) < 4.78 is 14.8. The van der Waals surface area contributed by atoms with E-state index in [9.17, 15) is 4.39 Å². The molecular weight excluding hydrogens is 261 g/mol. The fraction of sp³-hybridized carbons (Fsp3) is 0.357. The minimum absolute atomic E-state index is 0.0930. The average Bonchev–Trinajstić information content (AvgIpc) is 2.58. The standard InChI is InChI=1S/C14H18FN3S/c1-9(16)8-13-10(2)17-18(3)14(13)19-12-6-4-11(15)5-7-12/h4-7,9H,8,16H2,1-3H3. The van der Waals surface area contributed by atoms with E-state index < -0.39 is 0 Å². The number of nitrogens with two attached hydrogens (primary N) is 1. The quantitative estimate of drug-likeness (QED) is 0.936. The third kappa shape index (κ3) is 3.36. The zero-order valence-corrected chi connectivity index (χ0v) is 12.2. The molecule has 2 N–H and O–H groups in total. The van der Waals surface area contributed by atoms with E-state index in [-0.39, 0.29) is 11.9 Å². The van der Waals surface area contributed by atoms with E-state index in [0.717, 1.165) is 22.0 Å². The Morgan fingerprint density at radius 3 is 2.58 bits per heavy atom. The second-order valence-electron chi connectivity index (χ2n) is 4.73. The van der Waals surface area contributed by atoms with Crippen LogP contribution in [0.5, 0.6) is 0 Å². The molecule has 1 aromatic heterocycles. The highest BCUT2D eigenvalue weighted by atomic mass is 32.2. The largest absolute Gasteiger partial charge is 0.328 e. The van der Waals surface area contributed by atoms with Gasteiger partial charge in [-0.3, -0.25) is 4.68 Å². The lowest BCUT2D eigenvalue weighted by molar-refractivity contribution is 0.626. The number of hydrogen-bond donors (Lipinski definition) is 1. The Balaban J connectivity index is 2.31. The van der Waals surface area contributed by atoms with E-state index in [1.807, 2.05) is 25.6 Å². The number of nitrogens with zero attached hydrogens (tertiary/aromatic N) is 2. The first-order chi connectivity index (χ1) is 8.97. The number of aryl methyl sites for hydroxylation is 2. The van der Waals surface area contributed by atoms with Crippen LogP contribution in [0.25, 0.3) is 0 Å². The van der Waals surface area contributed by atoms with E-state index in [2.05, 4.69) is 5.10 Å². The van der Waals surface area contributed by atoms with Crippen molar-refractivity contribution in [1.29, 1.82) is 0 Å². The smallest absolute Gasteiger partial charge is 0.123 e. The first-order valence-corrected chi connectivity index (χ1v) is 7.00. The number of rotatable bonds is 4. The maximum Gasteiger partial charge on any atom is 0.123 e. The Hall–Kier alpha value is -1.33. The molecule has 1 aromatic carbocycles. The minimum Gasteiger partial charge on any atom is -0.328 e. The van der Waals surface area contributed by atoms with Gasteiger partial charge in [-0.15, -0.1) is 0 Å². The van der Waals surface area contributed by atoms with Crippen LogP contribution in [0.15, 0.2) is 34.2 Å². The Labute approximate surface area is 117 Å². The lowest BCUT2D eigenvalue weighted by Gasteiger charge is -2.08. The lowest BCUT2D eigenvalue weighted by Crippen LogP contribution is -2.18. The molecule has 2 aromatic rings. The Kier molecular flexibility index (Phi) is 4.27. The Morgan fingerprint density at radius 1 is 1.37 bits per heavy atom. The third-order valence-electron chi connectivity index (χ3n) is 2.84. The second-order valence-corrected chi connectivity index (χ2v) is 5.79. The van der Waals surface area contributed by atoms with Gasteiger partial charge in [0.2, 0.25) is 0 Å². The maximum atomic E-state index is 12.9. The van der Waals surface area contributed by atoms with Crippen molar-refractivity contribution in [2.24, 2.45) is 12.8 Å². The van der Waals surface area contributed by atoms with Gasteiger partial charge in [-0.25, -0.2) is 4.39 Å². The van der Waals surface area contributed by atoms with Crippen LogP contribution in [0.2, 0.25) is 0 Å². The molecule has 1 atom stereocenters. The SMILES string of the molecule is Cc1nn(C)c(Sc2ccc(F)cc2)c1CC(C)N. The molecule has 0 saturated carbocycles. The van der Waals surface area contributed by atoms with Crippen molar-refractivity contribution >= 4 is 11.8 Å². The Morgan fingerprint density at radius 2 is 2.00 bits per heavy atom. The number of halogens is 1. The van der Waals surface area contributed by atoms with Gasteiger partial charge in [0.15, 0.2) is 0 Å². The highest BCUT2D eigenvalue weighted by molar-refractivity contribution is 7.99. The molecule has 0 spiro atoms. The topological polar surface area (TPSA) is 43.8 Å². The predicted molar refractivity (Wildman–Crippen MR) is 75.8 cm³/mol. The molecule has 0 radical (unpaired) electrons. The molecule has 0 bridgehead atoms. The molecule has 2 rings (SSSR count).